The number of para-hydroxylation sites is 1. The first-order valence-electron chi connectivity index (χ1n) is 6.85. The van der Waals surface area contributed by atoms with Gasteiger partial charge in [-0.15, -0.1) is 0 Å². The minimum absolute atomic E-state index is 0.143. The summed E-state index contributed by atoms with van der Waals surface area (Å²) in [5.41, 5.74) is 1.48. The molecule has 0 spiro atoms. The van der Waals surface area contributed by atoms with E-state index >= 15 is 0 Å². The van der Waals surface area contributed by atoms with Crippen LogP contribution in [0.5, 0.6) is 0 Å². The molecule has 2 heterocycles. The molecule has 0 bridgehead atoms. The molecule has 3 rings (SSSR count). The molecule has 2 aromatic rings. The number of nitrogens with zero attached hydrogens (tertiary/aromatic N) is 2. The van der Waals surface area contributed by atoms with Crippen LogP contribution < -0.4 is 5.32 Å². The maximum absolute atomic E-state index is 13.8. The van der Waals surface area contributed by atoms with E-state index in [4.69, 9.17) is 0 Å². The molecule has 0 aliphatic carbocycles. The molecule has 4 heteroatoms. The molecule has 0 radical (unpaired) electrons. The fourth-order valence-corrected chi connectivity index (χ4v) is 3.11. The lowest BCUT2D eigenvalue weighted by Gasteiger charge is -2.38. The molecule has 1 saturated heterocycles. The van der Waals surface area contributed by atoms with Crippen LogP contribution in [-0.2, 0) is 7.05 Å². The zero-order valence-electron chi connectivity index (χ0n) is 11.7. The van der Waals surface area contributed by atoms with Crippen LogP contribution in [0.25, 0.3) is 11.0 Å². The Bertz CT molecular complexity index is 615. The van der Waals surface area contributed by atoms with Gasteiger partial charge in [-0.05, 0) is 36.9 Å². The second kappa shape index (κ2) is 4.30. The van der Waals surface area contributed by atoms with Gasteiger partial charge >= 0.3 is 0 Å². The van der Waals surface area contributed by atoms with E-state index in [0.717, 1.165) is 24.3 Å². The fraction of sp³-hybridized carbons (Fsp3) is 0.533. The molecular weight excluding hydrogens is 241 g/mol. The van der Waals surface area contributed by atoms with Gasteiger partial charge in [0.25, 0.3) is 0 Å². The Balaban J connectivity index is 2.15. The van der Waals surface area contributed by atoms with Crippen molar-refractivity contribution in [1.82, 2.24) is 14.9 Å². The standard InChI is InChI=1S/C15H20FN3/c1-15(2)8-5-9-17-13(15)14-18-12-10(16)6-4-7-11(12)19(14)3/h4,6-7,13,17H,5,8-9H2,1-3H3. The zero-order chi connectivity index (χ0) is 13.6. The number of rotatable bonds is 1. The van der Waals surface area contributed by atoms with Gasteiger partial charge in [-0.2, -0.15) is 0 Å². The average Bonchev–Trinajstić information content (AvgIpc) is 2.68. The Morgan fingerprint density at radius 1 is 1.42 bits per heavy atom. The number of aromatic nitrogens is 2. The summed E-state index contributed by atoms with van der Waals surface area (Å²) in [6.07, 6.45) is 2.35. The topological polar surface area (TPSA) is 29.9 Å². The lowest BCUT2D eigenvalue weighted by molar-refractivity contribution is 0.172. The molecule has 0 amide bonds. The highest BCUT2D eigenvalue weighted by Crippen LogP contribution is 2.40. The van der Waals surface area contributed by atoms with Crippen LogP contribution in [0.15, 0.2) is 18.2 Å². The maximum Gasteiger partial charge on any atom is 0.151 e. The minimum Gasteiger partial charge on any atom is -0.330 e. The highest BCUT2D eigenvalue weighted by Gasteiger charge is 2.36. The smallest absolute Gasteiger partial charge is 0.151 e. The molecular formula is C15H20FN3. The molecule has 1 fully saturated rings. The van der Waals surface area contributed by atoms with Crippen LogP contribution in [0.2, 0.25) is 0 Å². The molecule has 1 aliphatic heterocycles. The van der Waals surface area contributed by atoms with Gasteiger partial charge in [0.2, 0.25) is 0 Å². The van der Waals surface area contributed by atoms with Crippen molar-refractivity contribution in [2.45, 2.75) is 32.7 Å². The fourth-order valence-electron chi connectivity index (χ4n) is 3.11. The van der Waals surface area contributed by atoms with Crippen LogP contribution >= 0.6 is 0 Å². The summed E-state index contributed by atoms with van der Waals surface area (Å²) in [4.78, 5) is 4.56. The van der Waals surface area contributed by atoms with E-state index in [1.54, 1.807) is 6.07 Å². The minimum atomic E-state index is -0.243. The van der Waals surface area contributed by atoms with E-state index in [1.165, 1.54) is 12.5 Å². The SMILES string of the molecule is Cn1c(C2NCCCC2(C)C)nc2c(F)cccc21. The van der Waals surface area contributed by atoms with Crippen molar-refractivity contribution >= 4 is 11.0 Å². The Labute approximate surface area is 112 Å². The van der Waals surface area contributed by atoms with E-state index in [-0.39, 0.29) is 17.3 Å². The average molecular weight is 261 g/mol. The van der Waals surface area contributed by atoms with E-state index < -0.39 is 0 Å². The largest absolute Gasteiger partial charge is 0.330 e. The van der Waals surface area contributed by atoms with Crippen molar-refractivity contribution < 1.29 is 4.39 Å². The van der Waals surface area contributed by atoms with Crippen molar-refractivity contribution in [2.75, 3.05) is 6.54 Å². The van der Waals surface area contributed by atoms with Gasteiger partial charge in [-0.25, -0.2) is 9.37 Å². The van der Waals surface area contributed by atoms with Crippen molar-refractivity contribution in [3.8, 4) is 0 Å². The number of hydrogen-bond acceptors (Lipinski definition) is 2. The van der Waals surface area contributed by atoms with Gasteiger partial charge < -0.3 is 9.88 Å². The number of nitrogens with one attached hydrogen (secondary N) is 1. The van der Waals surface area contributed by atoms with Crippen molar-refractivity contribution in [3.05, 3.63) is 29.8 Å². The highest BCUT2D eigenvalue weighted by atomic mass is 19.1. The molecule has 0 saturated carbocycles. The number of piperidine rings is 1. The van der Waals surface area contributed by atoms with Gasteiger partial charge in [-0.3, -0.25) is 0 Å². The summed E-state index contributed by atoms with van der Waals surface area (Å²) in [6, 6.07) is 5.31. The monoisotopic (exact) mass is 261 g/mol. The molecule has 102 valence electrons. The first kappa shape index (κ1) is 12.6. The lowest BCUT2D eigenvalue weighted by atomic mass is 9.77. The van der Waals surface area contributed by atoms with Gasteiger partial charge in [0.05, 0.1) is 11.6 Å². The summed E-state index contributed by atoms with van der Waals surface area (Å²) < 4.78 is 15.9. The molecule has 1 aromatic carbocycles. The van der Waals surface area contributed by atoms with Gasteiger partial charge in [0, 0.05) is 7.05 Å². The van der Waals surface area contributed by atoms with Gasteiger partial charge in [-0.1, -0.05) is 19.9 Å². The Hall–Kier alpha value is -1.42. The zero-order valence-corrected chi connectivity index (χ0v) is 11.7. The summed E-state index contributed by atoms with van der Waals surface area (Å²) >= 11 is 0. The number of aryl methyl sites for hydroxylation is 1. The predicted octanol–water partition coefficient (Wildman–Crippen LogP) is 3.16. The first-order valence-corrected chi connectivity index (χ1v) is 6.85. The molecule has 1 aromatic heterocycles. The van der Waals surface area contributed by atoms with Gasteiger partial charge in [0.1, 0.15) is 11.3 Å². The Kier molecular flexibility index (Phi) is 2.86. The summed E-state index contributed by atoms with van der Waals surface area (Å²) in [7, 11) is 1.97. The summed E-state index contributed by atoms with van der Waals surface area (Å²) in [6.45, 7) is 5.50. The lowest BCUT2D eigenvalue weighted by Crippen LogP contribution is -2.41. The predicted molar refractivity (Wildman–Crippen MR) is 74.4 cm³/mol. The van der Waals surface area contributed by atoms with Crippen LogP contribution in [0, 0.1) is 11.2 Å². The summed E-state index contributed by atoms with van der Waals surface area (Å²) in [5.74, 6) is 0.692. The first-order chi connectivity index (χ1) is 9.00. The Morgan fingerprint density at radius 2 is 2.21 bits per heavy atom. The van der Waals surface area contributed by atoms with Crippen molar-refractivity contribution in [1.29, 1.82) is 0 Å². The normalized spacial score (nSPS) is 22.8. The maximum atomic E-state index is 13.8. The molecule has 1 atom stereocenters. The van der Waals surface area contributed by atoms with E-state index in [0.29, 0.717) is 5.52 Å². The quantitative estimate of drug-likeness (QED) is 0.854. The third-order valence-electron chi connectivity index (χ3n) is 4.28. The molecule has 19 heavy (non-hydrogen) atoms. The van der Waals surface area contributed by atoms with E-state index in [2.05, 4.69) is 24.1 Å². The molecule has 1 aliphatic rings. The molecule has 1 N–H and O–H groups in total. The number of fused-ring (bicyclic) bond motifs is 1. The third kappa shape index (κ3) is 1.94. The number of imidazole rings is 1. The third-order valence-corrected chi connectivity index (χ3v) is 4.28. The second-order valence-electron chi connectivity index (χ2n) is 6.12. The second-order valence-corrected chi connectivity index (χ2v) is 6.12. The number of benzene rings is 1. The van der Waals surface area contributed by atoms with Crippen molar-refractivity contribution in [3.63, 3.8) is 0 Å². The van der Waals surface area contributed by atoms with Crippen LogP contribution in [0.3, 0.4) is 0 Å². The Morgan fingerprint density at radius 3 is 2.89 bits per heavy atom. The number of halogens is 1. The van der Waals surface area contributed by atoms with Crippen LogP contribution in [-0.4, -0.2) is 16.1 Å². The van der Waals surface area contributed by atoms with E-state index in [9.17, 15) is 4.39 Å². The number of hydrogen-bond donors (Lipinski definition) is 1. The molecule has 3 nitrogen and oxygen atoms in total. The van der Waals surface area contributed by atoms with Crippen molar-refractivity contribution in [2.24, 2.45) is 12.5 Å². The van der Waals surface area contributed by atoms with Gasteiger partial charge in [0.15, 0.2) is 5.82 Å². The van der Waals surface area contributed by atoms with E-state index in [1.807, 2.05) is 17.7 Å². The molecule has 1 unspecified atom stereocenters. The highest BCUT2D eigenvalue weighted by molar-refractivity contribution is 5.76. The van der Waals surface area contributed by atoms with Crippen LogP contribution in [0.4, 0.5) is 4.39 Å². The summed E-state index contributed by atoms with van der Waals surface area (Å²) in [5, 5.41) is 3.54. The van der Waals surface area contributed by atoms with Crippen LogP contribution in [0.1, 0.15) is 38.6 Å².